The van der Waals surface area contributed by atoms with Crippen LogP contribution in [0.25, 0.3) is 11.4 Å². The van der Waals surface area contributed by atoms with Gasteiger partial charge in [0.05, 0.1) is 13.2 Å². The van der Waals surface area contributed by atoms with E-state index in [1.807, 2.05) is 0 Å². The summed E-state index contributed by atoms with van der Waals surface area (Å²) in [6, 6.07) is 9.21. The third-order valence-electron chi connectivity index (χ3n) is 5.67. The van der Waals surface area contributed by atoms with E-state index in [1.165, 1.54) is 44.3 Å². The van der Waals surface area contributed by atoms with Crippen molar-refractivity contribution in [2.75, 3.05) is 26.8 Å². The number of hydrogen-bond donors (Lipinski definition) is 0. The number of rotatable bonds is 5. The van der Waals surface area contributed by atoms with E-state index < -0.39 is 0 Å². The van der Waals surface area contributed by atoms with Crippen LogP contribution in [0.1, 0.15) is 43.0 Å². The van der Waals surface area contributed by atoms with E-state index in [1.54, 1.807) is 7.11 Å². The smallest absolute Gasteiger partial charge is 0.181 e. The molecule has 2 saturated heterocycles. The van der Waals surface area contributed by atoms with Crippen molar-refractivity contribution in [1.29, 1.82) is 0 Å². The number of nitrogens with zero attached hydrogens (tertiary/aromatic N) is 4. The lowest BCUT2D eigenvalue weighted by Crippen LogP contribution is -2.37. The number of ether oxygens (including phenoxy) is 1. The van der Waals surface area contributed by atoms with Crippen molar-refractivity contribution < 1.29 is 4.74 Å². The van der Waals surface area contributed by atoms with Gasteiger partial charge in [-0.25, -0.2) is 9.67 Å². The molecule has 0 bridgehead atoms. The highest BCUT2D eigenvalue weighted by Crippen LogP contribution is 2.36. The van der Waals surface area contributed by atoms with Crippen molar-refractivity contribution in [3.8, 4) is 11.4 Å². The fraction of sp³-hybridized carbons (Fsp3) is 0.600. The lowest BCUT2D eigenvalue weighted by molar-refractivity contribution is 0.166. The molecule has 2 unspecified atom stereocenters. The van der Waals surface area contributed by atoms with E-state index in [9.17, 15) is 0 Å². The highest BCUT2D eigenvalue weighted by atomic mass is 16.5. The standard InChI is InChI=1S/C20H28N4O/c1-15-5-3-6-16(13-15)19-21-20(24(22-19)11-12-25-2)17-8-10-23-9-4-7-18(23)14-17/h3,5-6,13,17-18H,4,7-12,14H2,1-2H3. The van der Waals surface area contributed by atoms with Gasteiger partial charge in [0.15, 0.2) is 5.82 Å². The summed E-state index contributed by atoms with van der Waals surface area (Å²) in [5.41, 5.74) is 2.35. The zero-order valence-electron chi connectivity index (χ0n) is 15.3. The molecule has 1 aromatic carbocycles. The number of piperidine rings is 1. The lowest BCUT2D eigenvalue weighted by Gasteiger charge is -2.34. The maximum absolute atomic E-state index is 5.29. The average molecular weight is 340 g/mol. The Balaban J connectivity index is 1.63. The van der Waals surface area contributed by atoms with Crippen LogP contribution < -0.4 is 0 Å². The molecule has 2 aromatic rings. The average Bonchev–Trinajstić information content (AvgIpc) is 3.26. The summed E-state index contributed by atoms with van der Waals surface area (Å²) in [7, 11) is 1.75. The van der Waals surface area contributed by atoms with Crippen molar-refractivity contribution in [1.82, 2.24) is 19.7 Å². The molecule has 0 amide bonds. The first-order valence-electron chi connectivity index (χ1n) is 9.49. The molecule has 134 valence electrons. The van der Waals surface area contributed by atoms with Gasteiger partial charge in [0, 0.05) is 24.6 Å². The fourth-order valence-corrected chi connectivity index (χ4v) is 4.36. The zero-order chi connectivity index (χ0) is 17.2. The molecule has 0 aliphatic carbocycles. The van der Waals surface area contributed by atoms with E-state index in [2.05, 4.69) is 40.8 Å². The first-order valence-corrected chi connectivity index (χ1v) is 9.49. The van der Waals surface area contributed by atoms with E-state index in [0.29, 0.717) is 12.5 Å². The van der Waals surface area contributed by atoms with Crippen LogP contribution in [-0.4, -0.2) is 52.5 Å². The number of aromatic nitrogens is 3. The molecule has 0 spiro atoms. The summed E-state index contributed by atoms with van der Waals surface area (Å²) < 4.78 is 7.39. The topological polar surface area (TPSA) is 43.2 Å². The first-order chi connectivity index (χ1) is 12.2. The van der Waals surface area contributed by atoms with Crippen LogP contribution >= 0.6 is 0 Å². The van der Waals surface area contributed by atoms with Crippen LogP contribution in [0.4, 0.5) is 0 Å². The molecule has 4 rings (SSSR count). The van der Waals surface area contributed by atoms with Gasteiger partial charge < -0.3 is 9.64 Å². The molecular formula is C20H28N4O. The Morgan fingerprint density at radius 2 is 2.16 bits per heavy atom. The van der Waals surface area contributed by atoms with Crippen LogP contribution in [0.2, 0.25) is 0 Å². The van der Waals surface area contributed by atoms with Crippen LogP contribution in [0.3, 0.4) is 0 Å². The highest BCUT2D eigenvalue weighted by Gasteiger charge is 2.34. The second kappa shape index (κ2) is 7.26. The zero-order valence-corrected chi connectivity index (χ0v) is 15.3. The molecular weight excluding hydrogens is 312 g/mol. The van der Waals surface area contributed by atoms with E-state index in [4.69, 9.17) is 14.8 Å². The Kier molecular flexibility index (Phi) is 4.86. The first kappa shape index (κ1) is 16.7. The molecule has 2 aliphatic rings. The Morgan fingerprint density at radius 1 is 1.24 bits per heavy atom. The predicted molar refractivity (Wildman–Crippen MR) is 98.6 cm³/mol. The van der Waals surface area contributed by atoms with E-state index in [-0.39, 0.29) is 0 Å². The van der Waals surface area contributed by atoms with Crippen molar-refractivity contribution in [2.24, 2.45) is 0 Å². The fourth-order valence-electron chi connectivity index (χ4n) is 4.36. The van der Waals surface area contributed by atoms with Gasteiger partial charge in [-0.3, -0.25) is 0 Å². The lowest BCUT2D eigenvalue weighted by atomic mass is 9.90. The summed E-state index contributed by atoms with van der Waals surface area (Å²) >= 11 is 0. The third-order valence-corrected chi connectivity index (χ3v) is 5.67. The molecule has 2 atom stereocenters. The summed E-state index contributed by atoms with van der Waals surface area (Å²) in [6.45, 7) is 6.04. The van der Waals surface area contributed by atoms with Gasteiger partial charge in [0.2, 0.25) is 0 Å². The second-order valence-corrected chi connectivity index (χ2v) is 7.43. The van der Waals surface area contributed by atoms with Crippen molar-refractivity contribution >= 4 is 0 Å². The summed E-state index contributed by atoms with van der Waals surface area (Å²) in [5.74, 6) is 2.52. The number of aryl methyl sites for hydroxylation is 1. The quantitative estimate of drug-likeness (QED) is 0.838. The minimum atomic E-state index is 0.516. The van der Waals surface area contributed by atoms with Crippen LogP contribution in [0, 0.1) is 6.92 Å². The largest absolute Gasteiger partial charge is 0.383 e. The number of fused-ring (bicyclic) bond motifs is 1. The van der Waals surface area contributed by atoms with Crippen molar-refractivity contribution in [2.45, 2.75) is 51.1 Å². The number of benzene rings is 1. The van der Waals surface area contributed by atoms with Crippen LogP contribution in [0.5, 0.6) is 0 Å². The molecule has 0 N–H and O–H groups in total. The predicted octanol–water partition coefficient (Wildman–Crippen LogP) is 3.24. The molecule has 2 aliphatic heterocycles. The maximum Gasteiger partial charge on any atom is 0.181 e. The van der Waals surface area contributed by atoms with Gasteiger partial charge in [-0.1, -0.05) is 23.8 Å². The third kappa shape index (κ3) is 3.48. The van der Waals surface area contributed by atoms with Gasteiger partial charge in [0.25, 0.3) is 0 Å². The Hall–Kier alpha value is -1.72. The minimum absolute atomic E-state index is 0.516. The van der Waals surface area contributed by atoms with Crippen molar-refractivity contribution in [3.05, 3.63) is 35.7 Å². The molecule has 25 heavy (non-hydrogen) atoms. The molecule has 1 aromatic heterocycles. The van der Waals surface area contributed by atoms with E-state index in [0.717, 1.165) is 29.8 Å². The molecule has 2 fully saturated rings. The molecule has 0 saturated carbocycles. The van der Waals surface area contributed by atoms with Gasteiger partial charge in [-0.15, -0.1) is 0 Å². The van der Waals surface area contributed by atoms with Gasteiger partial charge in [-0.2, -0.15) is 5.10 Å². The number of hydrogen-bond acceptors (Lipinski definition) is 4. The molecule has 5 heteroatoms. The Bertz CT molecular complexity index is 726. The normalized spacial score (nSPS) is 23.8. The van der Waals surface area contributed by atoms with Crippen LogP contribution in [0.15, 0.2) is 24.3 Å². The molecule has 5 nitrogen and oxygen atoms in total. The SMILES string of the molecule is COCCn1nc(-c2cccc(C)c2)nc1C1CCN2CCCC2C1. The summed E-state index contributed by atoms with van der Waals surface area (Å²) in [4.78, 5) is 7.65. The monoisotopic (exact) mass is 340 g/mol. The second-order valence-electron chi connectivity index (χ2n) is 7.43. The molecule has 3 heterocycles. The van der Waals surface area contributed by atoms with Crippen LogP contribution in [-0.2, 0) is 11.3 Å². The van der Waals surface area contributed by atoms with E-state index >= 15 is 0 Å². The Morgan fingerprint density at radius 3 is 3.00 bits per heavy atom. The number of methoxy groups -OCH3 is 1. The Labute approximate surface area is 150 Å². The molecule has 0 radical (unpaired) electrons. The highest BCUT2D eigenvalue weighted by molar-refractivity contribution is 5.55. The van der Waals surface area contributed by atoms with Gasteiger partial charge in [-0.05, 0) is 51.8 Å². The van der Waals surface area contributed by atoms with Gasteiger partial charge in [0.1, 0.15) is 5.82 Å². The summed E-state index contributed by atoms with van der Waals surface area (Å²) in [5, 5.41) is 4.83. The van der Waals surface area contributed by atoms with Crippen molar-refractivity contribution in [3.63, 3.8) is 0 Å². The maximum atomic E-state index is 5.29. The van der Waals surface area contributed by atoms with Gasteiger partial charge >= 0.3 is 0 Å². The summed E-state index contributed by atoms with van der Waals surface area (Å²) in [6.07, 6.45) is 5.10. The minimum Gasteiger partial charge on any atom is -0.383 e.